The van der Waals surface area contributed by atoms with Gasteiger partial charge in [0.2, 0.25) is 15.9 Å². The molecule has 0 aliphatic heterocycles. The topological polar surface area (TPSA) is 94.2 Å². The minimum absolute atomic E-state index is 0.121. The summed E-state index contributed by atoms with van der Waals surface area (Å²) in [7, 11) is -0.654. The molecule has 1 amide bonds. The molecule has 2 aromatic rings. The third kappa shape index (κ3) is 6.60. The predicted octanol–water partition coefficient (Wildman–Crippen LogP) is 2.47. The molecule has 0 unspecified atom stereocenters. The standard InChI is InChI=1S/C22H30N2O6S/c1-5-24(31(26,27)19-10-8-18(9-11-19)30-6-2)16-22(25)23-14-13-17-7-12-20(28-3)21(15-17)29-4/h7-12,15H,5-6,13-14,16H2,1-4H3,(H,23,25). The molecule has 0 fully saturated rings. The molecule has 0 spiro atoms. The molecule has 0 saturated heterocycles. The minimum atomic E-state index is -3.79. The van der Waals surface area contributed by atoms with Gasteiger partial charge in [-0.25, -0.2) is 8.42 Å². The maximum Gasteiger partial charge on any atom is 0.243 e. The van der Waals surface area contributed by atoms with E-state index in [1.165, 1.54) is 12.1 Å². The quantitative estimate of drug-likeness (QED) is 0.534. The van der Waals surface area contributed by atoms with Crippen LogP contribution in [0.5, 0.6) is 17.2 Å². The van der Waals surface area contributed by atoms with Gasteiger partial charge in [-0.15, -0.1) is 0 Å². The van der Waals surface area contributed by atoms with E-state index >= 15 is 0 Å². The molecule has 0 heterocycles. The molecule has 0 saturated carbocycles. The molecule has 0 atom stereocenters. The zero-order valence-electron chi connectivity index (χ0n) is 18.4. The summed E-state index contributed by atoms with van der Waals surface area (Å²) in [4.78, 5) is 12.5. The second kappa shape index (κ2) is 11.6. The van der Waals surface area contributed by atoms with Crippen molar-refractivity contribution in [3.8, 4) is 17.2 Å². The maximum absolute atomic E-state index is 12.9. The predicted molar refractivity (Wildman–Crippen MR) is 118 cm³/mol. The number of rotatable bonds is 12. The Hall–Kier alpha value is -2.78. The van der Waals surface area contributed by atoms with Gasteiger partial charge in [0.05, 0.1) is 32.3 Å². The SMILES string of the molecule is CCOc1ccc(S(=O)(=O)N(CC)CC(=O)NCCc2ccc(OC)c(OC)c2)cc1. The normalized spacial score (nSPS) is 11.3. The molecular formula is C22H30N2O6S. The summed E-state index contributed by atoms with van der Waals surface area (Å²) in [6, 6.07) is 11.7. The van der Waals surface area contributed by atoms with E-state index in [-0.39, 0.29) is 23.9 Å². The number of amides is 1. The van der Waals surface area contributed by atoms with Gasteiger partial charge in [0.1, 0.15) is 5.75 Å². The zero-order valence-corrected chi connectivity index (χ0v) is 19.2. The molecule has 0 aliphatic rings. The number of carbonyl (C=O) groups is 1. The van der Waals surface area contributed by atoms with Crippen LogP contribution in [0.4, 0.5) is 0 Å². The van der Waals surface area contributed by atoms with Crippen LogP contribution in [0, 0.1) is 0 Å². The molecule has 2 rings (SSSR count). The van der Waals surface area contributed by atoms with Crippen LogP contribution in [-0.2, 0) is 21.2 Å². The summed E-state index contributed by atoms with van der Waals surface area (Å²) in [5.41, 5.74) is 0.965. The van der Waals surface area contributed by atoms with Gasteiger partial charge >= 0.3 is 0 Å². The van der Waals surface area contributed by atoms with Gasteiger partial charge < -0.3 is 19.5 Å². The first-order valence-electron chi connectivity index (χ1n) is 10.1. The van der Waals surface area contributed by atoms with Crippen molar-refractivity contribution in [2.24, 2.45) is 0 Å². The number of carbonyl (C=O) groups excluding carboxylic acids is 1. The zero-order chi connectivity index (χ0) is 22.9. The molecule has 0 aliphatic carbocycles. The van der Waals surface area contributed by atoms with Crippen molar-refractivity contribution < 1.29 is 27.4 Å². The fraction of sp³-hybridized carbons (Fsp3) is 0.409. The first-order valence-corrected chi connectivity index (χ1v) is 11.5. The lowest BCUT2D eigenvalue weighted by Crippen LogP contribution is -2.41. The highest BCUT2D eigenvalue weighted by molar-refractivity contribution is 7.89. The van der Waals surface area contributed by atoms with Gasteiger partial charge in [0.15, 0.2) is 11.5 Å². The van der Waals surface area contributed by atoms with E-state index in [2.05, 4.69) is 5.32 Å². The van der Waals surface area contributed by atoms with Crippen LogP contribution in [-0.4, -0.2) is 59.1 Å². The highest BCUT2D eigenvalue weighted by Crippen LogP contribution is 2.27. The summed E-state index contributed by atoms with van der Waals surface area (Å²) < 4.78 is 42.7. The number of methoxy groups -OCH3 is 2. The van der Waals surface area contributed by atoms with Crippen molar-refractivity contribution in [1.82, 2.24) is 9.62 Å². The lowest BCUT2D eigenvalue weighted by molar-refractivity contribution is -0.121. The van der Waals surface area contributed by atoms with Crippen molar-refractivity contribution in [3.63, 3.8) is 0 Å². The molecule has 31 heavy (non-hydrogen) atoms. The number of ether oxygens (including phenoxy) is 3. The minimum Gasteiger partial charge on any atom is -0.494 e. The van der Waals surface area contributed by atoms with Crippen LogP contribution in [0.1, 0.15) is 19.4 Å². The average molecular weight is 451 g/mol. The van der Waals surface area contributed by atoms with E-state index in [1.807, 2.05) is 19.1 Å². The second-order valence-electron chi connectivity index (χ2n) is 6.62. The van der Waals surface area contributed by atoms with Gasteiger partial charge in [-0.05, 0) is 55.3 Å². The Morgan fingerprint density at radius 3 is 2.26 bits per heavy atom. The molecule has 0 radical (unpaired) electrons. The molecule has 1 N–H and O–H groups in total. The van der Waals surface area contributed by atoms with Crippen LogP contribution >= 0.6 is 0 Å². The lowest BCUT2D eigenvalue weighted by atomic mass is 10.1. The van der Waals surface area contributed by atoms with E-state index in [4.69, 9.17) is 14.2 Å². The van der Waals surface area contributed by atoms with Gasteiger partial charge in [-0.3, -0.25) is 4.79 Å². The van der Waals surface area contributed by atoms with Crippen LogP contribution in [0.2, 0.25) is 0 Å². The van der Waals surface area contributed by atoms with Gasteiger partial charge in [0.25, 0.3) is 0 Å². The summed E-state index contributed by atoms with van der Waals surface area (Å²) in [6.45, 7) is 4.35. The maximum atomic E-state index is 12.9. The Morgan fingerprint density at radius 2 is 1.68 bits per heavy atom. The number of hydrogen-bond donors (Lipinski definition) is 1. The molecule has 8 nitrogen and oxygen atoms in total. The number of benzene rings is 2. The second-order valence-corrected chi connectivity index (χ2v) is 8.56. The molecule has 0 bridgehead atoms. The number of nitrogens with zero attached hydrogens (tertiary/aromatic N) is 1. The summed E-state index contributed by atoms with van der Waals surface area (Å²) in [6.07, 6.45) is 0.573. The van der Waals surface area contributed by atoms with Crippen LogP contribution in [0.15, 0.2) is 47.4 Å². The summed E-state index contributed by atoms with van der Waals surface area (Å²) >= 11 is 0. The number of nitrogens with one attached hydrogen (secondary N) is 1. The molecule has 9 heteroatoms. The summed E-state index contributed by atoms with van der Waals surface area (Å²) in [5.74, 6) is 1.48. The first-order chi connectivity index (χ1) is 14.8. The fourth-order valence-electron chi connectivity index (χ4n) is 2.99. The Kier molecular flexibility index (Phi) is 9.14. The average Bonchev–Trinajstić information content (AvgIpc) is 2.77. The Bertz CT molecular complexity index is 960. The molecule has 2 aromatic carbocycles. The Labute approximate surface area is 184 Å². The lowest BCUT2D eigenvalue weighted by Gasteiger charge is -2.20. The van der Waals surface area contributed by atoms with Gasteiger partial charge in [0, 0.05) is 13.1 Å². The molecular weight excluding hydrogens is 420 g/mol. The first kappa shape index (κ1) is 24.5. The van der Waals surface area contributed by atoms with E-state index < -0.39 is 10.0 Å². The largest absolute Gasteiger partial charge is 0.494 e. The monoisotopic (exact) mass is 450 g/mol. The van der Waals surface area contributed by atoms with Crippen LogP contribution in [0.25, 0.3) is 0 Å². The molecule has 0 aromatic heterocycles. The number of sulfonamides is 1. The van der Waals surface area contributed by atoms with Crippen molar-refractivity contribution in [3.05, 3.63) is 48.0 Å². The Balaban J connectivity index is 1.95. The summed E-state index contributed by atoms with van der Waals surface area (Å²) in [5, 5.41) is 2.77. The van der Waals surface area contributed by atoms with Gasteiger partial charge in [-0.1, -0.05) is 13.0 Å². The number of hydrogen-bond acceptors (Lipinski definition) is 6. The van der Waals surface area contributed by atoms with Crippen LogP contribution in [0.3, 0.4) is 0 Å². The highest BCUT2D eigenvalue weighted by atomic mass is 32.2. The van der Waals surface area contributed by atoms with E-state index in [9.17, 15) is 13.2 Å². The smallest absolute Gasteiger partial charge is 0.243 e. The third-order valence-corrected chi connectivity index (χ3v) is 6.56. The fourth-order valence-corrected chi connectivity index (χ4v) is 4.39. The van der Waals surface area contributed by atoms with E-state index in [0.29, 0.717) is 36.8 Å². The van der Waals surface area contributed by atoms with Crippen LogP contribution < -0.4 is 19.5 Å². The van der Waals surface area contributed by atoms with Crippen molar-refractivity contribution in [2.75, 3.05) is 40.5 Å². The highest BCUT2D eigenvalue weighted by Gasteiger charge is 2.25. The third-order valence-electron chi connectivity index (χ3n) is 4.63. The van der Waals surface area contributed by atoms with Crippen molar-refractivity contribution >= 4 is 15.9 Å². The van der Waals surface area contributed by atoms with Crippen molar-refractivity contribution in [2.45, 2.75) is 25.2 Å². The van der Waals surface area contributed by atoms with Crippen molar-refractivity contribution in [1.29, 1.82) is 0 Å². The van der Waals surface area contributed by atoms with E-state index in [0.717, 1.165) is 9.87 Å². The van der Waals surface area contributed by atoms with E-state index in [1.54, 1.807) is 39.3 Å². The Morgan fingerprint density at radius 1 is 1.00 bits per heavy atom. The number of likely N-dealkylation sites (N-methyl/N-ethyl adjacent to an activating group) is 1. The van der Waals surface area contributed by atoms with Gasteiger partial charge in [-0.2, -0.15) is 4.31 Å². The molecule has 170 valence electrons.